The van der Waals surface area contributed by atoms with Crippen LogP contribution in [0.15, 0.2) is 12.1 Å². The highest BCUT2D eigenvalue weighted by Gasteiger charge is 2.25. The topological polar surface area (TPSA) is 61.4 Å². The van der Waals surface area contributed by atoms with E-state index >= 15 is 0 Å². The number of aryl methyl sites for hydroxylation is 1. The van der Waals surface area contributed by atoms with E-state index in [1.54, 1.807) is 11.3 Å². The van der Waals surface area contributed by atoms with E-state index in [9.17, 15) is 8.42 Å². The van der Waals surface area contributed by atoms with Crippen LogP contribution in [0.4, 0.5) is 0 Å². The summed E-state index contributed by atoms with van der Waals surface area (Å²) in [5.74, 6) is 0. The fourth-order valence-electron chi connectivity index (χ4n) is 2.15. The van der Waals surface area contributed by atoms with Crippen LogP contribution in [0.2, 0.25) is 0 Å². The van der Waals surface area contributed by atoms with Gasteiger partial charge >= 0.3 is 0 Å². The first-order valence-corrected chi connectivity index (χ1v) is 8.76. The predicted molar refractivity (Wildman–Crippen MR) is 78.7 cm³/mol. The average molecular weight is 303 g/mol. The molecule has 2 N–H and O–H groups in total. The Morgan fingerprint density at radius 3 is 2.68 bits per heavy atom. The normalized spacial score (nSPS) is 19.5. The van der Waals surface area contributed by atoms with Crippen LogP contribution < -0.4 is 10.0 Å². The molecule has 108 valence electrons. The molecule has 0 aromatic carbocycles. The Morgan fingerprint density at radius 2 is 2.11 bits per heavy atom. The van der Waals surface area contributed by atoms with Crippen LogP contribution in [0.25, 0.3) is 0 Å². The largest absolute Gasteiger partial charge is 0.314 e. The third kappa shape index (κ3) is 4.25. The zero-order chi connectivity index (χ0) is 13.9. The highest BCUT2D eigenvalue weighted by molar-refractivity contribution is 7.87. The van der Waals surface area contributed by atoms with E-state index in [0.29, 0.717) is 13.1 Å². The van der Waals surface area contributed by atoms with Gasteiger partial charge in [0.25, 0.3) is 10.2 Å². The summed E-state index contributed by atoms with van der Waals surface area (Å²) in [5, 5.41) is 3.15. The molecule has 1 saturated heterocycles. The maximum Gasteiger partial charge on any atom is 0.279 e. The summed E-state index contributed by atoms with van der Waals surface area (Å²) < 4.78 is 28.6. The van der Waals surface area contributed by atoms with Gasteiger partial charge in [-0.3, -0.25) is 0 Å². The number of nitrogens with one attached hydrogen (secondary N) is 2. The molecule has 1 aromatic rings. The van der Waals surface area contributed by atoms with E-state index in [1.165, 1.54) is 14.1 Å². The van der Waals surface area contributed by atoms with Gasteiger partial charge in [-0.25, -0.2) is 0 Å². The number of rotatable bonds is 5. The second kappa shape index (κ2) is 6.32. The Kier molecular flexibility index (Phi) is 4.97. The minimum atomic E-state index is -3.35. The van der Waals surface area contributed by atoms with Gasteiger partial charge in [0, 0.05) is 42.0 Å². The first kappa shape index (κ1) is 14.9. The first-order valence-electron chi connectivity index (χ1n) is 6.51. The van der Waals surface area contributed by atoms with Crippen molar-refractivity contribution in [2.45, 2.75) is 26.3 Å². The van der Waals surface area contributed by atoms with Gasteiger partial charge in [-0.2, -0.15) is 17.4 Å². The lowest BCUT2D eigenvalue weighted by atomic mass is 10.2. The van der Waals surface area contributed by atoms with Crippen LogP contribution in [0.5, 0.6) is 0 Å². The van der Waals surface area contributed by atoms with Crippen molar-refractivity contribution in [3.63, 3.8) is 0 Å². The van der Waals surface area contributed by atoms with E-state index in [1.807, 2.05) is 6.92 Å². The summed E-state index contributed by atoms with van der Waals surface area (Å²) in [6.07, 6.45) is 0.740. The molecule has 2 rings (SSSR count). The lowest BCUT2D eigenvalue weighted by Crippen LogP contribution is -2.52. The van der Waals surface area contributed by atoms with Crippen LogP contribution in [0.3, 0.4) is 0 Å². The lowest BCUT2D eigenvalue weighted by molar-refractivity contribution is 0.352. The summed E-state index contributed by atoms with van der Waals surface area (Å²) in [4.78, 5) is 2.47. The third-order valence-electron chi connectivity index (χ3n) is 3.07. The molecule has 0 radical (unpaired) electrons. The van der Waals surface area contributed by atoms with E-state index in [-0.39, 0.29) is 6.04 Å². The fraction of sp³-hybridized carbons (Fsp3) is 0.667. The zero-order valence-corrected chi connectivity index (χ0v) is 13.0. The summed E-state index contributed by atoms with van der Waals surface area (Å²) in [5.41, 5.74) is 0. The summed E-state index contributed by atoms with van der Waals surface area (Å²) >= 11 is 1.72. The van der Waals surface area contributed by atoms with Gasteiger partial charge in [-0.15, -0.1) is 11.3 Å². The first-order chi connectivity index (χ1) is 8.97. The van der Waals surface area contributed by atoms with Crippen molar-refractivity contribution in [1.29, 1.82) is 0 Å². The number of thiophene rings is 1. The summed E-state index contributed by atoms with van der Waals surface area (Å²) in [6.45, 7) is 6.50. The number of hydrogen-bond donors (Lipinski definition) is 2. The molecule has 2 heterocycles. The van der Waals surface area contributed by atoms with Gasteiger partial charge in [0.1, 0.15) is 0 Å². The van der Waals surface area contributed by atoms with E-state index < -0.39 is 10.2 Å². The van der Waals surface area contributed by atoms with Gasteiger partial charge in [0.15, 0.2) is 0 Å². The molecule has 1 fully saturated rings. The summed E-state index contributed by atoms with van der Waals surface area (Å²) in [7, 11) is -3.35. The molecule has 1 aliphatic heterocycles. The van der Waals surface area contributed by atoms with Crippen molar-refractivity contribution >= 4 is 21.5 Å². The van der Waals surface area contributed by atoms with Gasteiger partial charge in [-0.05, 0) is 32.4 Å². The van der Waals surface area contributed by atoms with Crippen molar-refractivity contribution in [3.8, 4) is 0 Å². The molecule has 5 nitrogen and oxygen atoms in total. The molecule has 1 aliphatic rings. The SMILES string of the molecule is Cc1ccc(CC(C)NS(=O)(=O)N2CCNCC2)s1. The quantitative estimate of drug-likeness (QED) is 0.843. The Balaban J connectivity index is 1.91. The maximum absolute atomic E-state index is 12.2. The second-order valence-electron chi connectivity index (χ2n) is 4.89. The standard InChI is InChI=1S/C12H21N3O2S2/c1-10(9-12-4-3-11(2)18-12)14-19(16,17)15-7-5-13-6-8-15/h3-4,10,13-14H,5-9H2,1-2H3. The molecule has 0 saturated carbocycles. The molecule has 7 heteroatoms. The average Bonchev–Trinajstić information content (AvgIpc) is 2.75. The molecule has 1 atom stereocenters. The second-order valence-corrected chi connectivity index (χ2v) is 7.96. The van der Waals surface area contributed by atoms with Crippen molar-refractivity contribution in [2.24, 2.45) is 0 Å². The number of piperazine rings is 1. The molecular weight excluding hydrogens is 282 g/mol. The Hall–Kier alpha value is -0.470. The van der Waals surface area contributed by atoms with E-state index in [4.69, 9.17) is 0 Å². The fourth-order valence-corrected chi connectivity index (χ4v) is 4.57. The zero-order valence-electron chi connectivity index (χ0n) is 11.3. The highest BCUT2D eigenvalue weighted by atomic mass is 32.2. The van der Waals surface area contributed by atoms with Crippen LogP contribution in [-0.4, -0.2) is 44.9 Å². The molecule has 0 aliphatic carbocycles. The van der Waals surface area contributed by atoms with Crippen molar-refractivity contribution in [2.75, 3.05) is 26.2 Å². The molecule has 1 aromatic heterocycles. The maximum atomic E-state index is 12.2. The van der Waals surface area contributed by atoms with E-state index in [2.05, 4.69) is 29.1 Å². The molecule has 0 amide bonds. The molecule has 1 unspecified atom stereocenters. The van der Waals surface area contributed by atoms with Gasteiger partial charge in [0.05, 0.1) is 0 Å². The van der Waals surface area contributed by atoms with E-state index in [0.717, 1.165) is 19.5 Å². The monoisotopic (exact) mass is 303 g/mol. The molecular formula is C12H21N3O2S2. The Morgan fingerprint density at radius 1 is 1.42 bits per heavy atom. The van der Waals surface area contributed by atoms with Crippen LogP contribution in [-0.2, 0) is 16.6 Å². The molecule has 0 bridgehead atoms. The van der Waals surface area contributed by atoms with Gasteiger partial charge in [-0.1, -0.05) is 0 Å². The molecule has 19 heavy (non-hydrogen) atoms. The highest BCUT2D eigenvalue weighted by Crippen LogP contribution is 2.17. The number of nitrogens with zero attached hydrogens (tertiary/aromatic N) is 1. The Bertz CT molecular complexity index is 507. The van der Waals surface area contributed by atoms with Gasteiger partial charge in [0.2, 0.25) is 0 Å². The van der Waals surface area contributed by atoms with Crippen molar-refractivity contribution < 1.29 is 8.42 Å². The minimum Gasteiger partial charge on any atom is -0.314 e. The van der Waals surface area contributed by atoms with Gasteiger partial charge < -0.3 is 5.32 Å². The Labute approximate surface area is 119 Å². The summed E-state index contributed by atoms with van der Waals surface area (Å²) in [6, 6.07) is 4.05. The van der Waals surface area contributed by atoms with Crippen molar-refractivity contribution in [1.82, 2.24) is 14.3 Å². The predicted octanol–water partition coefficient (Wildman–Crippen LogP) is 0.727. The third-order valence-corrected chi connectivity index (χ3v) is 5.84. The van der Waals surface area contributed by atoms with Crippen LogP contribution in [0, 0.1) is 6.92 Å². The van der Waals surface area contributed by atoms with Crippen LogP contribution >= 0.6 is 11.3 Å². The minimum absolute atomic E-state index is 0.0852. The van der Waals surface area contributed by atoms with Crippen LogP contribution in [0.1, 0.15) is 16.7 Å². The molecule has 0 spiro atoms. The lowest BCUT2D eigenvalue weighted by Gasteiger charge is -2.28. The van der Waals surface area contributed by atoms with Crippen molar-refractivity contribution in [3.05, 3.63) is 21.9 Å². The smallest absolute Gasteiger partial charge is 0.279 e. The number of hydrogen-bond acceptors (Lipinski definition) is 4.